The van der Waals surface area contributed by atoms with E-state index in [1.54, 1.807) is 12.4 Å². The summed E-state index contributed by atoms with van der Waals surface area (Å²) in [6.45, 7) is 8.57. The maximum absolute atomic E-state index is 9.92. The van der Waals surface area contributed by atoms with Gasteiger partial charge in [0.25, 0.3) is 0 Å². The van der Waals surface area contributed by atoms with E-state index < -0.39 is 0 Å². The monoisotopic (exact) mass is 367 g/mol. The fraction of sp³-hybridized carbons (Fsp3) is 0.526. The van der Waals surface area contributed by atoms with Crippen LogP contribution in [0.4, 0.5) is 11.8 Å². The highest BCUT2D eigenvalue weighted by Crippen LogP contribution is 2.42. The van der Waals surface area contributed by atoms with Crippen molar-refractivity contribution in [3.63, 3.8) is 0 Å². The number of nitriles is 1. The van der Waals surface area contributed by atoms with Gasteiger partial charge in [-0.25, -0.2) is 4.98 Å². The maximum Gasteiger partial charge on any atom is 0.225 e. The third kappa shape index (κ3) is 3.83. The maximum atomic E-state index is 9.92. The third-order valence-electron chi connectivity index (χ3n) is 5.20. The summed E-state index contributed by atoms with van der Waals surface area (Å²) in [5.74, 6) is 1.15. The molecule has 8 nitrogen and oxygen atoms in total. The van der Waals surface area contributed by atoms with Crippen LogP contribution in [0, 0.1) is 16.7 Å². The molecule has 2 aromatic heterocycles. The Balaban J connectivity index is 1.75. The molecule has 0 amide bonds. The van der Waals surface area contributed by atoms with Crippen molar-refractivity contribution >= 4 is 11.8 Å². The first-order valence-corrected chi connectivity index (χ1v) is 9.08. The van der Waals surface area contributed by atoms with Crippen molar-refractivity contribution in [2.75, 3.05) is 10.6 Å². The molecule has 0 saturated heterocycles. The van der Waals surface area contributed by atoms with Crippen LogP contribution in [-0.4, -0.2) is 37.2 Å². The largest absolute Gasteiger partial charge is 0.392 e. The SMILES string of the molecule is CC(C)c1nccnc1CNc1ncc(C#N)c(N[C@H]2C[C@@H](O)C2(C)C)n1. The number of hydrogen-bond acceptors (Lipinski definition) is 8. The second-order valence-electron chi connectivity index (χ2n) is 7.73. The van der Waals surface area contributed by atoms with Crippen LogP contribution in [0.2, 0.25) is 0 Å². The molecular formula is C19H25N7O. The Bertz CT molecular complexity index is 859. The molecule has 2 atom stereocenters. The highest BCUT2D eigenvalue weighted by Gasteiger charge is 2.47. The van der Waals surface area contributed by atoms with Gasteiger partial charge < -0.3 is 15.7 Å². The fourth-order valence-corrected chi connectivity index (χ4v) is 3.13. The first-order chi connectivity index (χ1) is 12.8. The van der Waals surface area contributed by atoms with Gasteiger partial charge in [-0.3, -0.25) is 9.97 Å². The lowest BCUT2D eigenvalue weighted by atomic mass is 9.64. The molecule has 8 heteroatoms. The lowest BCUT2D eigenvalue weighted by Crippen LogP contribution is -2.57. The van der Waals surface area contributed by atoms with Crippen molar-refractivity contribution in [2.45, 2.75) is 58.7 Å². The first kappa shape index (κ1) is 19.0. The lowest BCUT2D eigenvalue weighted by molar-refractivity contribution is -0.0511. The Morgan fingerprint density at radius 2 is 2.04 bits per heavy atom. The van der Waals surface area contributed by atoms with Gasteiger partial charge >= 0.3 is 0 Å². The molecule has 0 radical (unpaired) electrons. The van der Waals surface area contributed by atoms with E-state index in [-0.39, 0.29) is 23.5 Å². The van der Waals surface area contributed by atoms with Gasteiger partial charge in [-0.15, -0.1) is 0 Å². The Hall–Kier alpha value is -2.79. The molecule has 0 unspecified atom stereocenters. The molecule has 1 aliphatic carbocycles. The molecule has 142 valence electrons. The molecular weight excluding hydrogens is 342 g/mol. The zero-order chi connectivity index (χ0) is 19.6. The summed E-state index contributed by atoms with van der Waals surface area (Å²) in [6.07, 6.45) is 5.13. The third-order valence-corrected chi connectivity index (χ3v) is 5.20. The highest BCUT2D eigenvalue weighted by molar-refractivity contribution is 5.54. The summed E-state index contributed by atoms with van der Waals surface area (Å²) in [4.78, 5) is 17.5. The number of aromatic nitrogens is 4. The Morgan fingerprint density at radius 3 is 2.67 bits per heavy atom. The van der Waals surface area contributed by atoms with E-state index in [0.29, 0.717) is 30.3 Å². The van der Waals surface area contributed by atoms with Crippen molar-refractivity contribution in [2.24, 2.45) is 5.41 Å². The number of anilines is 2. The Labute approximate surface area is 159 Å². The molecule has 0 spiro atoms. The van der Waals surface area contributed by atoms with Crippen molar-refractivity contribution in [1.82, 2.24) is 19.9 Å². The summed E-state index contributed by atoms with van der Waals surface area (Å²) < 4.78 is 0. The van der Waals surface area contributed by atoms with E-state index in [4.69, 9.17) is 0 Å². The van der Waals surface area contributed by atoms with Crippen LogP contribution in [0.25, 0.3) is 0 Å². The van der Waals surface area contributed by atoms with Crippen LogP contribution in [0.5, 0.6) is 0 Å². The van der Waals surface area contributed by atoms with Gasteiger partial charge in [0.15, 0.2) is 0 Å². The quantitative estimate of drug-likeness (QED) is 0.712. The molecule has 27 heavy (non-hydrogen) atoms. The molecule has 2 heterocycles. The molecule has 2 aromatic rings. The molecule has 1 saturated carbocycles. The molecule has 3 rings (SSSR count). The number of nitrogens with zero attached hydrogens (tertiary/aromatic N) is 5. The van der Waals surface area contributed by atoms with Crippen molar-refractivity contribution in [1.29, 1.82) is 5.26 Å². The molecule has 3 N–H and O–H groups in total. The molecule has 0 aromatic carbocycles. The summed E-state index contributed by atoms with van der Waals surface area (Å²) in [7, 11) is 0. The van der Waals surface area contributed by atoms with Crippen LogP contribution in [-0.2, 0) is 6.54 Å². The van der Waals surface area contributed by atoms with E-state index in [9.17, 15) is 10.4 Å². The molecule has 1 aliphatic rings. The van der Waals surface area contributed by atoms with Crippen LogP contribution >= 0.6 is 0 Å². The van der Waals surface area contributed by atoms with Gasteiger partial charge in [-0.05, 0) is 12.3 Å². The van der Waals surface area contributed by atoms with Gasteiger partial charge in [-0.1, -0.05) is 27.7 Å². The van der Waals surface area contributed by atoms with Gasteiger partial charge in [0, 0.05) is 23.9 Å². The average Bonchev–Trinajstić information content (AvgIpc) is 2.66. The number of aliphatic hydroxyl groups is 1. The first-order valence-electron chi connectivity index (χ1n) is 9.08. The van der Waals surface area contributed by atoms with Crippen molar-refractivity contribution in [3.8, 4) is 6.07 Å². The number of hydrogen-bond donors (Lipinski definition) is 3. The zero-order valence-corrected chi connectivity index (χ0v) is 16.1. The summed E-state index contributed by atoms with van der Waals surface area (Å²) >= 11 is 0. The summed E-state index contributed by atoms with van der Waals surface area (Å²) in [6, 6.07) is 2.16. The van der Waals surface area contributed by atoms with E-state index >= 15 is 0 Å². The average molecular weight is 367 g/mol. The second kappa shape index (κ2) is 7.45. The van der Waals surface area contributed by atoms with Crippen LogP contribution in [0.1, 0.15) is 57.0 Å². The Kier molecular flexibility index (Phi) is 5.24. The molecule has 0 bridgehead atoms. The van der Waals surface area contributed by atoms with Gasteiger partial charge in [0.2, 0.25) is 5.95 Å². The predicted octanol–water partition coefficient (Wildman–Crippen LogP) is 2.45. The lowest BCUT2D eigenvalue weighted by Gasteiger charge is -2.49. The number of aliphatic hydroxyl groups excluding tert-OH is 1. The molecule has 1 fully saturated rings. The number of rotatable bonds is 6. The van der Waals surface area contributed by atoms with Crippen LogP contribution in [0.3, 0.4) is 0 Å². The van der Waals surface area contributed by atoms with Gasteiger partial charge in [0.05, 0.1) is 30.2 Å². The standard InChI is InChI=1S/C19H25N7O/c1-11(2)16-13(21-5-6-22-16)10-24-18-23-9-12(8-20)17(26-18)25-14-7-15(27)19(14,3)4/h5-6,9,11,14-15,27H,7,10H2,1-4H3,(H2,23,24,25,26)/t14-,15+/m0/s1. The topological polar surface area (TPSA) is 120 Å². The number of nitrogens with one attached hydrogen (secondary N) is 2. The summed E-state index contributed by atoms with van der Waals surface area (Å²) in [5.41, 5.74) is 1.89. The van der Waals surface area contributed by atoms with Gasteiger partial charge in [0.1, 0.15) is 17.5 Å². The van der Waals surface area contributed by atoms with Crippen LogP contribution in [0.15, 0.2) is 18.6 Å². The normalized spacial score (nSPS) is 20.6. The van der Waals surface area contributed by atoms with E-state index in [2.05, 4.69) is 50.5 Å². The van der Waals surface area contributed by atoms with Crippen molar-refractivity contribution in [3.05, 3.63) is 35.5 Å². The second-order valence-corrected chi connectivity index (χ2v) is 7.73. The highest BCUT2D eigenvalue weighted by atomic mass is 16.3. The summed E-state index contributed by atoms with van der Waals surface area (Å²) in [5, 5.41) is 25.7. The fourth-order valence-electron chi connectivity index (χ4n) is 3.13. The van der Waals surface area contributed by atoms with Crippen molar-refractivity contribution < 1.29 is 5.11 Å². The van der Waals surface area contributed by atoms with Gasteiger partial charge in [-0.2, -0.15) is 10.2 Å². The van der Waals surface area contributed by atoms with E-state index in [1.807, 2.05) is 13.8 Å². The van der Waals surface area contributed by atoms with E-state index in [1.165, 1.54) is 6.20 Å². The van der Waals surface area contributed by atoms with E-state index in [0.717, 1.165) is 11.4 Å². The minimum atomic E-state index is -0.355. The zero-order valence-electron chi connectivity index (χ0n) is 16.1. The minimum absolute atomic E-state index is 0.0508. The Morgan fingerprint density at radius 1 is 1.30 bits per heavy atom. The minimum Gasteiger partial charge on any atom is -0.392 e. The smallest absolute Gasteiger partial charge is 0.225 e. The predicted molar refractivity (Wildman–Crippen MR) is 102 cm³/mol. The molecule has 0 aliphatic heterocycles. The van der Waals surface area contributed by atoms with Crippen LogP contribution < -0.4 is 10.6 Å².